The van der Waals surface area contributed by atoms with E-state index < -0.39 is 0 Å². The third-order valence-corrected chi connectivity index (χ3v) is 4.16. The third kappa shape index (κ3) is 3.96. The zero-order valence-corrected chi connectivity index (χ0v) is 13.2. The highest BCUT2D eigenvalue weighted by molar-refractivity contribution is 5.93. The largest absolute Gasteiger partial charge is 0.348 e. The van der Waals surface area contributed by atoms with E-state index in [0.29, 0.717) is 17.7 Å². The molecule has 1 amide bonds. The molecular formula is C17H21FN4O. The molecule has 1 aliphatic rings. The Morgan fingerprint density at radius 1 is 1.43 bits per heavy atom. The van der Waals surface area contributed by atoms with E-state index in [-0.39, 0.29) is 17.8 Å². The number of amides is 1. The van der Waals surface area contributed by atoms with Crippen LogP contribution >= 0.6 is 0 Å². The van der Waals surface area contributed by atoms with Gasteiger partial charge < -0.3 is 5.32 Å². The summed E-state index contributed by atoms with van der Waals surface area (Å²) >= 11 is 0. The monoisotopic (exact) mass is 316 g/mol. The predicted octanol–water partition coefficient (Wildman–Crippen LogP) is 1.95. The number of aromatic nitrogens is 2. The van der Waals surface area contributed by atoms with Crippen LogP contribution in [0, 0.1) is 5.82 Å². The minimum absolute atomic E-state index is 0.0863. The van der Waals surface area contributed by atoms with Crippen molar-refractivity contribution in [3.05, 3.63) is 53.6 Å². The van der Waals surface area contributed by atoms with Crippen LogP contribution in [0.3, 0.4) is 0 Å². The van der Waals surface area contributed by atoms with Gasteiger partial charge in [0.05, 0.1) is 11.8 Å². The van der Waals surface area contributed by atoms with E-state index in [0.717, 1.165) is 25.9 Å². The van der Waals surface area contributed by atoms with Crippen LogP contribution in [0.2, 0.25) is 0 Å². The Balaban J connectivity index is 1.58. The van der Waals surface area contributed by atoms with Gasteiger partial charge in [0.2, 0.25) is 0 Å². The Morgan fingerprint density at radius 2 is 2.26 bits per heavy atom. The zero-order chi connectivity index (χ0) is 16.2. The van der Waals surface area contributed by atoms with Crippen molar-refractivity contribution in [1.29, 1.82) is 0 Å². The van der Waals surface area contributed by atoms with Crippen molar-refractivity contribution in [3.8, 4) is 0 Å². The first-order valence-corrected chi connectivity index (χ1v) is 7.87. The number of carbonyl (C=O) groups is 1. The summed E-state index contributed by atoms with van der Waals surface area (Å²) in [6.07, 6.45) is 5.21. The third-order valence-electron chi connectivity index (χ3n) is 4.16. The highest BCUT2D eigenvalue weighted by Crippen LogP contribution is 2.16. The molecule has 0 spiro atoms. The van der Waals surface area contributed by atoms with E-state index in [4.69, 9.17) is 0 Å². The normalized spacial score (nSPS) is 18.8. The van der Waals surface area contributed by atoms with Gasteiger partial charge in [-0.05, 0) is 25.5 Å². The maximum Gasteiger partial charge on any atom is 0.254 e. The molecule has 0 radical (unpaired) electrons. The smallest absolute Gasteiger partial charge is 0.254 e. The molecule has 1 aromatic heterocycles. The van der Waals surface area contributed by atoms with Crippen LogP contribution in [-0.4, -0.2) is 39.7 Å². The Hall–Kier alpha value is -2.21. The van der Waals surface area contributed by atoms with E-state index >= 15 is 0 Å². The number of carbonyl (C=O) groups excluding carboxylic acids is 1. The Morgan fingerprint density at radius 3 is 3.00 bits per heavy atom. The summed E-state index contributed by atoms with van der Waals surface area (Å²) in [5.41, 5.74) is 1.27. The Bertz CT molecular complexity index is 685. The summed E-state index contributed by atoms with van der Waals surface area (Å²) in [5.74, 6) is -0.273. The first-order valence-electron chi connectivity index (χ1n) is 7.87. The predicted molar refractivity (Wildman–Crippen MR) is 85.4 cm³/mol. The summed E-state index contributed by atoms with van der Waals surface area (Å²) in [6.45, 7) is 2.24. The number of nitrogens with one attached hydrogen (secondary N) is 1. The lowest BCUT2D eigenvalue weighted by Crippen LogP contribution is -2.47. The molecular weight excluding hydrogens is 295 g/mol. The molecule has 0 bridgehead atoms. The number of benzene rings is 1. The second-order valence-electron chi connectivity index (χ2n) is 6.04. The van der Waals surface area contributed by atoms with Crippen LogP contribution in [0.4, 0.5) is 4.39 Å². The number of rotatable bonds is 4. The molecule has 5 nitrogen and oxygen atoms in total. The van der Waals surface area contributed by atoms with Crippen LogP contribution in [-0.2, 0) is 13.6 Å². The second kappa shape index (κ2) is 6.91. The van der Waals surface area contributed by atoms with Gasteiger partial charge >= 0.3 is 0 Å². The van der Waals surface area contributed by atoms with Gasteiger partial charge in [-0.2, -0.15) is 5.10 Å². The molecule has 2 heterocycles. The maximum atomic E-state index is 13.8. The van der Waals surface area contributed by atoms with Gasteiger partial charge in [0.1, 0.15) is 5.82 Å². The summed E-state index contributed by atoms with van der Waals surface area (Å²) in [5, 5.41) is 7.07. The Labute approximate surface area is 135 Å². The van der Waals surface area contributed by atoms with Crippen molar-refractivity contribution in [2.75, 3.05) is 13.1 Å². The van der Waals surface area contributed by atoms with Crippen molar-refractivity contribution >= 4 is 5.91 Å². The number of likely N-dealkylation sites (tertiary alicyclic amines) is 1. The number of hydrogen-bond donors (Lipinski definition) is 1. The quantitative estimate of drug-likeness (QED) is 0.938. The molecule has 1 aromatic carbocycles. The van der Waals surface area contributed by atoms with Gasteiger partial charge in [-0.3, -0.25) is 14.4 Å². The van der Waals surface area contributed by atoms with Crippen LogP contribution in [0.5, 0.6) is 0 Å². The molecule has 0 aliphatic carbocycles. The van der Waals surface area contributed by atoms with Gasteiger partial charge in [0, 0.05) is 37.9 Å². The SMILES string of the molecule is Cn1cc(C(=O)NC2CCCN(Cc3ccccc3F)C2)cn1. The minimum atomic E-state index is -0.172. The number of hydrogen-bond acceptors (Lipinski definition) is 3. The van der Waals surface area contributed by atoms with Gasteiger partial charge in [-0.25, -0.2) is 4.39 Å². The number of piperidine rings is 1. The standard InChI is InChI=1S/C17H21FN4O/c1-21-10-14(9-19-21)17(23)20-15-6-4-8-22(12-15)11-13-5-2-3-7-16(13)18/h2-3,5,7,9-10,15H,4,6,8,11-12H2,1H3,(H,20,23). The molecule has 1 atom stereocenters. The molecule has 1 aliphatic heterocycles. The van der Waals surface area contributed by atoms with Crippen molar-refractivity contribution in [1.82, 2.24) is 20.0 Å². The van der Waals surface area contributed by atoms with Crippen LogP contribution < -0.4 is 5.32 Å². The number of aryl methyl sites for hydroxylation is 1. The van der Waals surface area contributed by atoms with Crippen molar-refractivity contribution < 1.29 is 9.18 Å². The summed E-state index contributed by atoms with van der Waals surface area (Å²) in [7, 11) is 1.79. The van der Waals surface area contributed by atoms with Gasteiger partial charge in [0.15, 0.2) is 0 Å². The minimum Gasteiger partial charge on any atom is -0.348 e. The summed E-state index contributed by atoms with van der Waals surface area (Å²) in [4.78, 5) is 14.4. The van der Waals surface area contributed by atoms with Crippen LogP contribution in [0.15, 0.2) is 36.7 Å². The fourth-order valence-electron chi connectivity index (χ4n) is 2.99. The first kappa shape index (κ1) is 15.7. The number of halogens is 1. The van der Waals surface area contributed by atoms with Crippen molar-refractivity contribution in [2.45, 2.75) is 25.4 Å². The molecule has 1 unspecified atom stereocenters. The fraction of sp³-hybridized carbons (Fsp3) is 0.412. The van der Waals surface area contributed by atoms with Crippen LogP contribution in [0.1, 0.15) is 28.8 Å². The average molecular weight is 316 g/mol. The maximum absolute atomic E-state index is 13.8. The molecule has 2 aromatic rings. The molecule has 6 heteroatoms. The fourth-order valence-corrected chi connectivity index (χ4v) is 2.99. The van der Waals surface area contributed by atoms with E-state index in [1.807, 2.05) is 12.1 Å². The lowest BCUT2D eigenvalue weighted by atomic mass is 10.0. The van der Waals surface area contributed by atoms with Gasteiger partial charge in [0.25, 0.3) is 5.91 Å². The second-order valence-corrected chi connectivity index (χ2v) is 6.04. The van der Waals surface area contributed by atoms with E-state index in [1.54, 1.807) is 30.2 Å². The van der Waals surface area contributed by atoms with E-state index in [9.17, 15) is 9.18 Å². The highest BCUT2D eigenvalue weighted by Gasteiger charge is 2.22. The molecule has 122 valence electrons. The van der Waals surface area contributed by atoms with Crippen molar-refractivity contribution in [3.63, 3.8) is 0 Å². The zero-order valence-electron chi connectivity index (χ0n) is 13.2. The topological polar surface area (TPSA) is 50.2 Å². The average Bonchev–Trinajstić information content (AvgIpc) is 2.97. The molecule has 0 saturated carbocycles. The number of nitrogens with zero attached hydrogens (tertiary/aromatic N) is 3. The van der Waals surface area contributed by atoms with E-state index in [1.165, 1.54) is 6.07 Å². The first-order chi connectivity index (χ1) is 11.1. The van der Waals surface area contributed by atoms with Crippen molar-refractivity contribution in [2.24, 2.45) is 7.05 Å². The van der Waals surface area contributed by atoms with E-state index in [2.05, 4.69) is 15.3 Å². The van der Waals surface area contributed by atoms with Gasteiger partial charge in [-0.1, -0.05) is 18.2 Å². The van der Waals surface area contributed by atoms with Crippen LogP contribution in [0.25, 0.3) is 0 Å². The van der Waals surface area contributed by atoms with Gasteiger partial charge in [-0.15, -0.1) is 0 Å². The summed E-state index contributed by atoms with van der Waals surface area (Å²) < 4.78 is 15.4. The lowest BCUT2D eigenvalue weighted by Gasteiger charge is -2.33. The molecule has 1 N–H and O–H groups in total. The molecule has 1 fully saturated rings. The molecule has 23 heavy (non-hydrogen) atoms. The molecule has 1 saturated heterocycles. The highest BCUT2D eigenvalue weighted by atomic mass is 19.1. The molecule has 3 rings (SSSR count). The Kier molecular flexibility index (Phi) is 4.71. The lowest BCUT2D eigenvalue weighted by molar-refractivity contribution is 0.0900. The summed E-state index contributed by atoms with van der Waals surface area (Å²) in [6, 6.07) is 6.94.